The molecule has 0 fully saturated rings. The fourth-order valence-corrected chi connectivity index (χ4v) is 1.97. The summed E-state index contributed by atoms with van der Waals surface area (Å²) in [5, 5.41) is 9.26. The smallest absolute Gasteiger partial charge is 0.306 e. The van der Waals surface area contributed by atoms with E-state index in [1.807, 2.05) is 24.3 Å². The number of methoxy groups -OCH3 is 1. The molecule has 0 amide bonds. The predicted molar refractivity (Wildman–Crippen MR) is 71.9 cm³/mol. The fourth-order valence-electron chi connectivity index (χ4n) is 1.97. The van der Waals surface area contributed by atoms with Gasteiger partial charge in [0.1, 0.15) is 5.75 Å². The van der Waals surface area contributed by atoms with Gasteiger partial charge in [0.15, 0.2) is 0 Å². The Hall–Kier alpha value is -1.51. The normalized spacial score (nSPS) is 13.9. The van der Waals surface area contributed by atoms with E-state index >= 15 is 0 Å². The second-order valence-electron chi connectivity index (χ2n) is 4.84. The molecule has 0 aliphatic carbocycles. The Morgan fingerprint density at radius 2 is 1.94 bits per heavy atom. The van der Waals surface area contributed by atoms with Crippen LogP contribution >= 0.6 is 0 Å². The van der Waals surface area contributed by atoms with Gasteiger partial charge < -0.3 is 9.84 Å². The molecular weight excluding hydrogens is 228 g/mol. The molecule has 0 heterocycles. The minimum Gasteiger partial charge on any atom is -0.497 e. The van der Waals surface area contributed by atoms with Crippen LogP contribution in [0.4, 0.5) is 0 Å². The quantitative estimate of drug-likeness (QED) is 0.807. The van der Waals surface area contributed by atoms with Gasteiger partial charge in [-0.3, -0.25) is 4.79 Å². The van der Waals surface area contributed by atoms with Crippen LogP contribution in [0.2, 0.25) is 0 Å². The lowest BCUT2D eigenvalue weighted by Gasteiger charge is -2.16. The molecule has 0 aliphatic heterocycles. The van der Waals surface area contributed by atoms with Gasteiger partial charge in [0.05, 0.1) is 13.0 Å². The molecule has 1 aromatic carbocycles. The van der Waals surface area contributed by atoms with Crippen LogP contribution < -0.4 is 4.74 Å². The zero-order valence-electron chi connectivity index (χ0n) is 11.3. The summed E-state index contributed by atoms with van der Waals surface area (Å²) in [5.74, 6) is 0.247. The van der Waals surface area contributed by atoms with Gasteiger partial charge in [0, 0.05) is 0 Å². The number of aliphatic carboxylic acids is 1. The number of rotatable bonds is 7. The SMILES string of the molecule is CCC(C)CC(Cc1ccc(OC)cc1)C(=O)O. The van der Waals surface area contributed by atoms with Gasteiger partial charge in [-0.1, -0.05) is 32.4 Å². The van der Waals surface area contributed by atoms with E-state index in [0.29, 0.717) is 12.3 Å². The van der Waals surface area contributed by atoms with Gasteiger partial charge in [-0.15, -0.1) is 0 Å². The molecule has 3 heteroatoms. The monoisotopic (exact) mass is 250 g/mol. The predicted octanol–water partition coefficient (Wildman–Crippen LogP) is 3.37. The molecule has 0 spiro atoms. The van der Waals surface area contributed by atoms with E-state index in [1.54, 1.807) is 7.11 Å². The molecule has 2 unspecified atom stereocenters. The summed E-state index contributed by atoms with van der Waals surface area (Å²) in [7, 11) is 1.62. The maximum atomic E-state index is 11.3. The number of benzene rings is 1. The lowest BCUT2D eigenvalue weighted by molar-refractivity contribution is -0.142. The molecule has 100 valence electrons. The molecule has 1 N–H and O–H groups in total. The first-order valence-corrected chi connectivity index (χ1v) is 6.42. The molecule has 0 saturated carbocycles. The zero-order chi connectivity index (χ0) is 13.5. The molecule has 18 heavy (non-hydrogen) atoms. The Kier molecular flexibility index (Phi) is 5.69. The largest absolute Gasteiger partial charge is 0.497 e. The van der Waals surface area contributed by atoms with Crippen molar-refractivity contribution >= 4 is 5.97 Å². The standard InChI is InChI=1S/C15H22O3/c1-4-11(2)9-13(15(16)17)10-12-5-7-14(18-3)8-6-12/h5-8,11,13H,4,9-10H2,1-3H3,(H,16,17). The summed E-state index contributed by atoms with van der Waals surface area (Å²) >= 11 is 0. The van der Waals surface area contributed by atoms with Crippen LogP contribution in [0.3, 0.4) is 0 Å². The van der Waals surface area contributed by atoms with Gasteiger partial charge in [-0.05, 0) is 36.5 Å². The molecule has 0 saturated heterocycles. The molecule has 0 aromatic heterocycles. The number of hydrogen-bond acceptors (Lipinski definition) is 2. The molecular formula is C15H22O3. The molecule has 0 bridgehead atoms. The highest BCUT2D eigenvalue weighted by molar-refractivity contribution is 5.70. The number of hydrogen-bond donors (Lipinski definition) is 1. The number of carboxylic acid groups (broad SMARTS) is 1. The van der Waals surface area contributed by atoms with Crippen LogP contribution in [0, 0.1) is 11.8 Å². The number of ether oxygens (including phenoxy) is 1. The first-order chi connectivity index (χ1) is 8.56. The van der Waals surface area contributed by atoms with E-state index in [0.717, 1.165) is 24.2 Å². The third-order valence-corrected chi connectivity index (χ3v) is 3.37. The highest BCUT2D eigenvalue weighted by atomic mass is 16.5. The van der Waals surface area contributed by atoms with E-state index < -0.39 is 5.97 Å². The topological polar surface area (TPSA) is 46.5 Å². The van der Waals surface area contributed by atoms with Crippen molar-refractivity contribution in [2.24, 2.45) is 11.8 Å². The van der Waals surface area contributed by atoms with Crippen LogP contribution in [0.15, 0.2) is 24.3 Å². The summed E-state index contributed by atoms with van der Waals surface area (Å²) < 4.78 is 5.09. The molecule has 0 aliphatic rings. The lowest BCUT2D eigenvalue weighted by atomic mass is 9.89. The van der Waals surface area contributed by atoms with Crippen molar-refractivity contribution in [1.82, 2.24) is 0 Å². The molecule has 1 rings (SSSR count). The van der Waals surface area contributed by atoms with E-state index in [9.17, 15) is 9.90 Å². The van der Waals surface area contributed by atoms with Crippen molar-refractivity contribution in [1.29, 1.82) is 0 Å². The van der Waals surface area contributed by atoms with Crippen molar-refractivity contribution < 1.29 is 14.6 Å². The summed E-state index contributed by atoms with van der Waals surface area (Å²) in [6.45, 7) is 4.20. The van der Waals surface area contributed by atoms with Crippen molar-refractivity contribution in [2.75, 3.05) is 7.11 Å². The number of carbonyl (C=O) groups is 1. The molecule has 1 aromatic rings. The van der Waals surface area contributed by atoms with Crippen molar-refractivity contribution in [3.05, 3.63) is 29.8 Å². The van der Waals surface area contributed by atoms with Crippen LogP contribution in [0.1, 0.15) is 32.3 Å². The van der Waals surface area contributed by atoms with Gasteiger partial charge >= 0.3 is 5.97 Å². The van der Waals surface area contributed by atoms with Crippen LogP contribution in [0.5, 0.6) is 5.75 Å². The summed E-state index contributed by atoms with van der Waals surface area (Å²) in [4.78, 5) is 11.3. The first-order valence-electron chi connectivity index (χ1n) is 6.42. The third kappa shape index (κ3) is 4.40. The van der Waals surface area contributed by atoms with E-state index in [1.165, 1.54) is 0 Å². The molecule has 3 nitrogen and oxygen atoms in total. The van der Waals surface area contributed by atoms with Gasteiger partial charge in [-0.25, -0.2) is 0 Å². The summed E-state index contributed by atoms with van der Waals surface area (Å²) in [6, 6.07) is 7.62. The average Bonchev–Trinajstić information content (AvgIpc) is 2.38. The summed E-state index contributed by atoms with van der Waals surface area (Å²) in [5.41, 5.74) is 1.05. The number of carboxylic acids is 1. The van der Waals surface area contributed by atoms with Crippen molar-refractivity contribution in [3.63, 3.8) is 0 Å². The molecule has 2 atom stereocenters. The Labute approximate surface area is 109 Å². The van der Waals surface area contributed by atoms with Gasteiger partial charge in [0.2, 0.25) is 0 Å². The maximum absolute atomic E-state index is 11.3. The lowest BCUT2D eigenvalue weighted by Crippen LogP contribution is -2.19. The first kappa shape index (κ1) is 14.6. The second kappa shape index (κ2) is 7.04. The fraction of sp³-hybridized carbons (Fsp3) is 0.533. The van der Waals surface area contributed by atoms with E-state index in [-0.39, 0.29) is 5.92 Å². The van der Waals surface area contributed by atoms with Crippen LogP contribution in [-0.2, 0) is 11.2 Å². The van der Waals surface area contributed by atoms with Crippen LogP contribution in [-0.4, -0.2) is 18.2 Å². The van der Waals surface area contributed by atoms with Gasteiger partial charge in [0.25, 0.3) is 0 Å². The van der Waals surface area contributed by atoms with Crippen molar-refractivity contribution in [2.45, 2.75) is 33.1 Å². The second-order valence-corrected chi connectivity index (χ2v) is 4.84. The zero-order valence-corrected chi connectivity index (χ0v) is 11.3. The Morgan fingerprint density at radius 3 is 2.39 bits per heavy atom. The highest BCUT2D eigenvalue weighted by Crippen LogP contribution is 2.21. The Morgan fingerprint density at radius 1 is 1.33 bits per heavy atom. The Bertz CT molecular complexity index is 370. The van der Waals surface area contributed by atoms with Crippen molar-refractivity contribution in [3.8, 4) is 5.75 Å². The maximum Gasteiger partial charge on any atom is 0.306 e. The minimum absolute atomic E-state index is 0.298. The highest BCUT2D eigenvalue weighted by Gasteiger charge is 2.20. The van der Waals surface area contributed by atoms with Crippen LogP contribution in [0.25, 0.3) is 0 Å². The Balaban J connectivity index is 2.67. The molecule has 0 radical (unpaired) electrons. The minimum atomic E-state index is -0.703. The van der Waals surface area contributed by atoms with E-state index in [4.69, 9.17) is 4.74 Å². The van der Waals surface area contributed by atoms with Gasteiger partial charge in [-0.2, -0.15) is 0 Å². The third-order valence-electron chi connectivity index (χ3n) is 3.37. The van der Waals surface area contributed by atoms with E-state index in [2.05, 4.69) is 13.8 Å². The summed E-state index contributed by atoms with van der Waals surface area (Å²) in [6.07, 6.45) is 2.34. The average molecular weight is 250 g/mol.